The molecule has 1 aromatic rings. The summed E-state index contributed by atoms with van der Waals surface area (Å²) in [6, 6.07) is 1.13. The molecule has 9 heteroatoms. The van der Waals surface area contributed by atoms with Crippen LogP contribution in [0.25, 0.3) is 0 Å². The number of carbonyl (C=O) groups is 1. The van der Waals surface area contributed by atoms with Crippen molar-refractivity contribution in [2.45, 2.75) is 36.7 Å². The zero-order chi connectivity index (χ0) is 15.8. The third kappa shape index (κ3) is 3.84. The van der Waals surface area contributed by atoms with Gasteiger partial charge >= 0.3 is 0 Å². The molecule has 116 valence electrons. The summed E-state index contributed by atoms with van der Waals surface area (Å²) in [5.41, 5.74) is 5.48. The van der Waals surface area contributed by atoms with Crippen molar-refractivity contribution < 1.29 is 17.6 Å². The zero-order valence-electron chi connectivity index (χ0n) is 11.2. The topological polar surface area (TPSA) is 101 Å². The maximum Gasteiger partial charge on any atom is 0.244 e. The summed E-state index contributed by atoms with van der Waals surface area (Å²) in [7, 11) is -4.25. The zero-order valence-corrected chi connectivity index (χ0v) is 12.8. The largest absolute Gasteiger partial charge is 0.399 e. The molecule has 1 aliphatic carbocycles. The minimum Gasteiger partial charge on any atom is -0.399 e. The summed E-state index contributed by atoms with van der Waals surface area (Å²) >= 11 is 5.57. The van der Waals surface area contributed by atoms with Gasteiger partial charge < -0.3 is 11.1 Å². The normalized spacial score (nSPS) is 16.5. The lowest BCUT2D eigenvalue weighted by Crippen LogP contribution is -2.45. The molecule has 0 spiro atoms. The van der Waals surface area contributed by atoms with Crippen LogP contribution in [0.5, 0.6) is 0 Å². The Balaban J connectivity index is 2.19. The Morgan fingerprint density at radius 3 is 2.67 bits per heavy atom. The van der Waals surface area contributed by atoms with Gasteiger partial charge in [0.2, 0.25) is 15.9 Å². The minimum absolute atomic E-state index is 0.0110. The van der Waals surface area contributed by atoms with E-state index in [4.69, 9.17) is 17.3 Å². The van der Waals surface area contributed by atoms with Crippen LogP contribution in [-0.4, -0.2) is 26.4 Å². The molecule has 1 amide bonds. The van der Waals surface area contributed by atoms with Crippen molar-refractivity contribution in [3.8, 4) is 0 Å². The van der Waals surface area contributed by atoms with Crippen molar-refractivity contribution in [2.24, 2.45) is 0 Å². The number of nitrogens with one attached hydrogen (secondary N) is 2. The molecule has 0 heterocycles. The van der Waals surface area contributed by atoms with E-state index in [2.05, 4.69) is 10.0 Å². The first-order chi connectivity index (χ1) is 9.70. The molecule has 6 nitrogen and oxygen atoms in total. The second kappa shape index (κ2) is 5.78. The number of hydrogen-bond donors (Lipinski definition) is 3. The molecule has 0 bridgehead atoms. The van der Waals surface area contributed by atoms with Crippen LogP contribution < -0.4 is 15.8 Å². The number of nitrogens with two attached hydrogens (primary N) is 1. The van der Waals surface area contributed by atoms with Crippen molar-refractivity contribution in [1.82, 2.24) is 10.0 Å². The van der Waals surface area contributed by atoms with Crippen molar-refractivity contribution in [3.63, 3.8) is 0 Å². The van der Waals surface area contributed by atoms with Crippen LogP contribution in [0.15, 0.2) is 17.0 Å². The van der Waals surface area contributed by atoms with Gasteiger partial charge in [-0.05, 0) is 31.9 Å². The number of rotatable bonds is 5. The van der Waals surface area contributed by atoms with Gasteiger partial charge in [0, 0.05) is 11.7 Å². The van der Waals surface area contributed by atoms with E-state index < -0.39 is 37.7 Å². The van der Waals surface area contributed by atoms with Crippen LogP contribution in [0.2, 0.25) is 5.02 Å². The minimum atomic E-state index is -4.25. The van der Waals surface area contributed by atoms with Gasteiger partial charge in [-0.25, -0.2) is 12.8 Å². The molecule has 4 N–H and O–H groups in total. The van der Waals surface area contributed by atoms with Gasteiger partial charge in [-0.15, -0.1) is 0 Å². The second-order valence-corrected chi connectivity index (χ2v) is 7.03. The van der Waals surface area contributed by atoms with E-state index in [-0.39, 0.29) is 11.7 Å². The van der Waals surface area contributed by atoms with Gasteiger partial charge in [-0.2, -0.15) is 4.72 Å². The Labute approximate surface area is 126 Å². The molecular weight excluding hydrogens is 321 g/mol. The third-order valence-corrected chi connectivity index (χ3v) is 4.77. The summed E-state index contributed by atoms with van der Waals surface area (Å²) in [4.78, 5) is 11.1. The number of nitrogen functional groups attached to an aromatic ring is 1. The summed E-state index contributed by atoms with van der Waals surface area (Å²) < 4.78 is 40.2. The van der Waals surface area contributed by atoms with Crippen molar-refractivity contribution in [1.29, 1.82) is 0 Å². The van der Waals surface area contributed by atoms with E-state index in [1.165, 1.54) is 6.92 Å². The Bertz CT molecular complexity index is 677. The highest BCUT2D eigenvalue weighted by atomic mass is 35.5. The van der Waals surface area contributed by atoms with Crippen LogP contribution in [0.3, 0.4) is 0 Å². The molecule has 1 aromatic carbocycles. The molecule has 0 aliphatic heterocycles. The fraction of sp³-hybridized carbons (Fsp3) is 0.417. The van der Waals surface area contributed by atoms with E-state index in [0.29, 0.717) is 0 Å². The van der Waals surface area contributed by atoms with Gasteiger partial charge in [-0.1, -0.05) is 11.6 Å². The van der Waals surface area contributed by atoms with Crippen LogP contribution in [0, 0.1) is 5.82 Å². The second-order valence-electron chi connectivity index (χ2n) is 4.94. The fourth-order valence-electron chi connectivity index (χ4n) is 1.68. The molecule has 1 saturated carbocycles. The molecule has 0 radical (unpaired) electrons. The molecular formula is C12H15ClFN3O3S. The monoisotopic (exact) mass is 335 g/mol. The van der Waals surface area contributed by atoms with Crippen molar-refractivity contribution in [3.05, 3.63) is 23.0 Å². The van der Waals surface area contributed by atoms with Gasteiger partial charge in [0.05, 0.1) is 11.1 Å². The Kier molecular flexibility index (Phi) is 4.40. The Hall–Kier alpha value is -1.38. The molecule has 0 aromatic heterocycles. The van der Waals surface area contributed by atoms with Gasteiger partial charge in [0.15, 0.2) is 5.82 Å². The first-order valence-electron chi connectivity index (χ1n) is 6.28. The molecule has 1 unspecified atom stereocenters. The summed E-state index contributed by atoms with van der Waals surface area (Å²) in [5.74, 6) is -1.57. The van der Waals surface area contributed by atoms with Gasteiger partial charge in [0.25, 0.3) is 0 Å². The number of carbonyl (C=O) groups excluding carboxylic acids is 1. The smallest absolute Gasteiger partial charge is 0.244 e. The number of hydrogen-bond acceptors (Lipinski definition) is 4. The fourth-order valence-corrected chi connectivity index (χ4v) is 3.30. The Morgan fingerprint density at radius 2 is 2.10 bits per heavy atom. The molecule has 2 rings (SSSR count). The summed E-state index contributed by atoms with van der Waals surface area (Å²) in [6.45, 7) is 1.38. The number of amides is 1. The Morgan fingerprint density at radius 1 is 1.48 bits per heavy atom. The van der Waals surface area contributed by atoms with Gasteiger partial charge in [-0.3, -0.25) is 4.79 Å². The van der Waals surface area contributed by atoms with Crippen LogP contribution in [-0.2, 0) is 14.8 Å². The predicted octanol–water partition coefficient (Wildman–Crippen LogP) is 1.01. The molecule has 21 heavy (non-hydrogen) atoms. The lowest BCUT2D eigenvalue weighted by Gasteiger charge is -2.15. The summed E-state index contributed by atoms with van der Waals surface area (Å²) in [5, 5.41) is 2.26. The van der Waals surface area contributed by atoms with Crippen LogP contribution >= 0.6 is 11.6 Å². The maximum absolute atomic E-state index is 13.8. The molecule has 1 fully saturated rings. The number of benzene rings is 1. The van der Waals surface area contributed by atoms with E-state index in [0.717, 1.165) is 25.0 Å². The number of sulfonamides is 1. The number of anilines is 1. The average molecular weight is 336 g/mol. The lowest BCUT2D eigenvalue weighted by atomic mass is 10.3. The summed E-state index contributed by atoms with van der Waals surface area (Å²) in [6.07, 6.45) is 1.76. The molecule has 0 saturated heterocycles. The predicted molar refractivity (Wildman–Crippen MR) is 76.8 cm³/mol. The maximum atomic E-state index is 13.8. The van der Waals surface area contributed by atoms with E-state index in [1.54, 1.807) is 0 Å². The number of halogens is 2. The highest BCUT2D eigenvalue weighted by Gasteiger charge is 2.29. The van der Waals surface area contributed by atoms with E-state index in [1.807, 2.05) is 0 Å². The van der Waals surface area contributed by atoms with E-state index in [9.17, 15) is 17.6 Å². The van der Waals surface area contributed by atoms with Crippen molar-refractivity contribution in [2.75, 3.05) is 5.73 Å². The third-order valence-electron chi connectivity index (χ3n) is 2.96. The highest BCUT2D eigenvalue weighted by molar-refractivity contribution is 7.89. The first-order valence-corrected chi connectivity index (χ1v) is 8.14. The highest BCUT2D eigenvalue weighted by Crippen LogP contribution is 2.26. The standard InChI is InChI=1S/C12H15ClFN3O3S/c1-6(12(18)16-8-2-3-8)17-21(19,20)10-5-7(15)4-9(13)11(10)14/h4-6,8,17H,2-3,15H2,1H3,(H,16,18). The lowest BCUT2D eigenvalue weighted by molar-refractivity contribution is -0.122. The van der Waals surface area contributed by atoms with E-state index >= 15 is 0 Å². The first kappa shape index (κ1) is 16.0. The van der Waals surface area contributed by atoms with Gasteiger partial charge in [0.1, 0.15) is 4.90 Å². The SMILES string of the molecule is CC(NS(=O)(=O)c1cc(N)cc(Cl)c1F)C(=O)NC1CC1. The van der Waals surface area contributed by atoms with Crippen LogP contribution in [0.1, 0.15) is 19.8 Å². The molecule has 1 aliphatic rings. The average Bonchev–Trinajstić information content (AvgIpc) is 3.16. The van der Waals surface area contributed by atoms with Crippen LogP contribution in [0.4, 0.5) is 10.1 Å². The quantitative estimate of drug-likeness (QED) is 0.699. The molecule has 1 atom stereocenters. The van der Waals surface area contributed by atoms with Crippen molar-refractivity contribution >= 4 is 33.2 Å².